The van der Waals surface area contributed by atoms with Crippen LogP contribution in [0.2, 0.25) is 5.02 Å². The van der Waals surface area contributed by atoms with E-state index in [1.807, 2.05) is 13.8 Å². The summed E-state index contributed by atoms with van der Waals surface area (Å²) in [4.78, 5) is 16.4. The Balaban J connectivity index is 2.20. The molecule has 21 heavy (non-hydrogen) atoms. The molecule has 0 saturated carbocycles. The SMILES string of the molecule is CC(C)Nc1nc(N)c(C(=O)Nc2cccc(Cl)c2F)s1. The van der Waals surface area contributed by atoms with Crippen LogP contribution >= 0.6 is 22.9 Å². The van der Waals surface area contributed by atoms with Crippen LogP contribution < -0.4 is 16.4 Å². The maximum absolute atomic E-state index is 13.8. The third-order valence-electron chi connectivity index (χ3n) is 2.47. The minimum Gasteiger partial charge on any atom is -0.382 e. The van der Waals surface area contributed by atoms with E-state index in [0.29, 0.717) is 5.13 Å². The molecule has 4 N–H and O–H groups in total. The average molecular weight is 329 g/mol. The van der Waals surface area contributed by atoms with E-state index in [4.69, 9.17) is 17.3 Å². The standard InChI is InChI=1S/C13H14ClFN4OS/c1-6(2)17-13-19-11(16)10(21-13)12(20)18-8-5-3-4-7(14)9(8)15/h3-6H,16H2,1-2H3,(H,17,19)(H,18,20). The van der Waals surface area contributed by atoms with Gasteiger partial charge >= 0.3 is 0 Å². The van der Waals surface area contributed by atoms with Gasteiger partial charge in [-0.25, -0.2) is 9.37 Å². The highest BCUT2D eigenvalue weighted by Gasteiger charge is 2.18. The Morgan fingerprint density at radius 3 is 2.86 bits per heavy atom. The molecule has 0 bridgehead atoms. The zero-order valence-electron chi connectivity index (χ0n) is 11.4. The Labute approximate surface area is 130 Å². The van der Waals surface area contributed by atoms with Crippen molar-refractivity contribution < 1.29 is 9.18 Å². The van der Waals surface area contributed by atoms with Gasteiger partial charge in [-0.15, -0.1) is 0 Å². The summed E-state index contributed by atoms with van der Waals surface area (Å²) >= 11 is 6.78. The maximum Gasteiger partial charge on any atom is 0.269 e. The van der Waals surface area contributed by atoms with Crippen LogP contribution in [0.15, 0.2) is 18.2 Å². The predicted octanol–water partition coefficient (Wildman–Crippen LogP) is 3.59. The summed E-state index contributed by atoms with van der Waals surface area (Å²) in [6.45, 7) is 3.89. The summed E-state index contributed by atoms with van der Waals surface area (Å²) in [6.07, 6.45) is 0. The average Bonchev–Trinajstić information content (AvgIpc) is 2.75. The number of thiazole rings is 1. The lowest BCUT2D eigenvalue weighted by molar-refractivity contribution is 0.103. The van der Waals surface area contributed by atoms with E-state index in [1.54, 1.807) is 6.07 Å². The number of nitrogens with one attached hydrogen (secondary N) is 2. The number of nitrogens with two attached hydrogens (primary N) is 1. The maximum atomic E-state index is 13.8. The molecule has 5 nitrogen and oxygen atoms in total. The Morgan fingerprint density at radius 2 is 2.19 bits per heavy atom. The van der Waals surface area contributed by atoms with Crippen LogP contribution in [0.4, 0.5) is 21.0 Å². The molecule has 0 spiro atoms. The van der Waals surface area contributed by atoms with Crippen molar-refractivity contribution in [3.63, 3.8) is 0 Å². The van der Waals surface area contributed by atoms with Gasteiger partial charge in [-0.3, -0.25) is 4.79 Å². The smallest absolute Gasteiger partial charge is 0.269 e. The highest BCUT2D eigenvalue weighted by Crippen LogP contribution is 2.28. The Morgan fingerprint density at radius 1 is 1.48 bits per heavy atom. The molecular formula is C13H14ClFN4OS. The van der Waals surface area contributed by atoms with Crippen molar-refractivity contribution in [3.8, 4) is 0 Å². The van der Waals surface area contributed by atoms with Crippen molar-refractivity contribution in [1.29, 1.82) is 0 Å². The number of amides is 1. The summed E-state index contributed by atoms with van der Waals surface area (Å²) in [5.41, 5.74) is 5.72. The molecule has 2 aromatic rings. The molecule has 0 unspecified atom stereocenters. The van der Waals surface area contributed by atoms with Crippen molar-refractivity contribution in [2.45, 2.75) is 19.9 Å². The quantitative estimate of drug-likeness (QED) is 0.801. The number of aromatic nitrogens is 1. The second-order valence-electron chi connectivity index (χ2n) is 4.59. The molecule has 0 atom stereocenters. The number of nitrogen functional groups attached to an aromatic ring is 1. The second-order valence-corrected chi connectivity index (χ2v) is 5.99. The molecule has 0 aliphatic heterocycles. The van der Waals surface area contributed by atoms with E-state index in [-0.39, 0.29) is 27.4 Å². The number of hydrogen-bond donors (Lipinski definition) is 3. The van der Waals surface area contributed by atoms with Crippen molar-refractivity contribution in [2.24, 2.45) is 0 Å². The first-order valence-electron chi connectivity index (χ1n) is 6.16. The molecular weight excluding hydrogens is 315 g/mol. The molecule has 0 fully saturated rings. The van der Waals surface area contributed by atoms with Gasteiger partial charge in [0.05, 0.1) is 10.7 Å². The molecule has 1 aromatic carbocycles. The van der Waals surface area contributed by atoms with Crippen molar-refractivity contribution in [3.05, 3.63) is 33.9 Å². The summed E-state index contributed by atoms with van der Waals surface area (Å²) in [5.74, 6) is -1.11. The number of nitrogens with zero attached hydrogens (tertiary/aromatic N) is 1. The topological polar surface area (TPSA) is 80.0 Å². The van der Waals surface area contributed by atoms with Gasteiger partial charge in [0, 0.05) is 6.04 Å². The Bertz CT molecular complexity index is 674. The number of rotatable bonds is 4. The van der Waals surface area contributed by atoms with Gasteiger partial charge in [-0.05, 0) is 26.0 Å². The van der Waals surface area contributed by atoms with Gasteiger partial charge in [0.25, 0.3) is 5.91 Å². The van der Waals surface area contributed by atoms with Gasteiger partial charge in [0.1, 0.15) is 10.7 Å². The van der Waals surface area contributed by atoms with Crippen LogP contribution in [-0.2, 0) is 0 Å². The summed E-state index contributed by atoms with van der Waals surface area (Å²) < 4.78 is 13.8. The third kappa shape index (κ3) is 3.62. The van der Waals surface area contributed by atoms with Crippen LogP contribution in [0.1, 0.15) is 23.5 Å². The van der Waals surface area contributed by atoms with E-state index >= 15 is 0 Å². The van der Waals surface area contributed by atoms with E-state index < -0.39 is 11.7 Å². The van der Waals surface area contributed by atoms with Crippen LogP contribution in [0.25, 0.3) is 0 Å². The number of hydrogen-bond acceptors (Lipinski definition) is 5. The first kappa shape index (κ1) is 15.5. The number of anilines is 3. The minimum absolute atomic E-state index is 0.00123. The number of carbonyl (C=O) groups is 1. The number of carbonyl (C=O) groups excluding carboxylic acids is 1. The first-order valence-corrected chi connectivity index (χ1v) is 7.36. The van der Waals surface area contributed by atoms with Gasteiger partial charge < -0.3 is 16.4 Å². The molecule has 112 valence electrons. The monoisotopic (exact) mass is 328 g/mol. The highest BCUT2D eigenvalue weighted by molar-refractivity contribution is 7.18. The van der Waals surface area contributed by atoms with E-state index in [1.165, 1.54) is 12.1 Å². The predicted molar refractivity (Wildman–Crippen MR) is 84.6 cm³/mol. The molecule has 0 aliphatic rings. The van der Waals surface area contributed by atoms with Gasteiger partial charge in [0.15, 0.2) is 10.9 Å². The van der Waals surface area contributed by atoms with Gasteiger partial charge in [-0.1, -0.05) is 29.0 Å². The first-order chi connectivity index (χ1) is 9.88. The van der Waals surface area contributed by atoms with Crippen molar-refractivity contribution >= 4 is 45.5 Å². The van der Waals surface area contributed by atoms with Crippen molar-refractivity contribution in [2.75, 3.05) is 16.4 Å². The number of benzene rings is 1. The lowest BCUT2D eigenvalue weighted by atomic mass is 10.3. The molecule has 1 aromatic heterocycles. The van der Waals surface area contributed by atoms with Crippen LogP contribution in [0.3, 0.4) is 0 Å². The van der Waals surface area contributed by atoms with Crippen LogP contribution in [0.5, 0.6) is 0 Å². The normalized spacial score (nSPS) is 10.7. The zero-order valence-corrected chi connectivity index (χ0v) is 13.0. The Kier molecular flexibility index (Phi) is 4.64. The second kappa shape index (κ2) is 6.28. The largest absolute Gasteiger partial charge is 0.382 e. The molecule has 1 heterocycles. The molecule has 0 aliphatic carbocycles. The summed E-state index contributed by atoms with van der Waals surface area (Å²) in [5, 5.41) is 5.97. The lowest BCUT2D eigenvalue weighted by Crippen LogP contribution is -2.13. The fourth-order valence-corrected chi connectivity index (χ4v) is 2.68. The lowest BCUT2D eigenvalue weighted by Gasteiger charge is -2.06. The van der Waals surface area contributed by atoms with E-state index in [0.717, 1.165) is 11.3 Å². The fourth-order valence-electron chi connectivity index (χ4n) is 1.58. The minimum atomic E-state index is -0.684. The third-order valence-corrected chi connectivity index (χ3v) is 3.76. The van der Waals surface area contributed by atoms with E-state index in [2.05, 4.69) is 15.6 Å². The van der Waals surface area contributed by atoms with Gasteiger partial charge in [-0.2, -0.15) is 0 Å². The molecule has 1 amide bonds. The number of halogens is 2. The summed E-state index contributed by atoms with van der Waals surface area (Å²) in [7, 11) is 0. The van der Waals surface area contributed by atoms with Crippen molar-refractivity contribution in [1.82, 2.24) is 4.98 Å². The molecule has 2 rings (SSSR count). The van der Waals surface area contributed by atoms with Crippen LogP contribution in [-0.4, -0.2) is 16.9 Å². The molecule has 0 saturated heterocycles. The van der Waals surface area contributed by atoms with E-state index in [9.17, 15) is 9.18 Å². The fraction of sp³-hybridized carbons (Fsp3) is 0.231. The van der Waals surface area contributed by atoms with Gasteiger partial charge in [0.2, 0.25) is 0 Å². The molecule has 8 heteroatoms. The Hall–Kier alpha value is -1.86. The highest BCUT2D eigenvalue weighted by atomic mass is 35.5. The summed E-state index contributed by atoms with van der Waals surface area (Å²) in [6, 6.07) is 4.53. The van der Waals surface area contributed by atoms with Crippen LogP contribution in [0, 0.1) is 5.82 Å². The zero-order chi connectivity index (χ0) is 15.6. The molecule has 0 radical (unpaired) electrons.